The van der Waals surface area contributed by atoms with Crippen molar-refractivity contribution in [2.75, 3.05) is 10.0 Å². The van der Waals surface area contributed by atoms with Crippen molar-refractivity contribution in [3.05, 3.63) is 77.9 Å². The molecule has 0 bridgehead atoms. The van der Waals surface area contributed by atoms with Gasteiger partial charge in [-0.3, -0.25) is 19.1 Å². The summed E-state index contributed by atoms with van der Waals surface area (Å²) in [5, 5.41) is 6.58. The maximum absolute atomic E-state index is 15.2. The molecule has 3 aromatic carbocycles. The zero-order chi connectivity index (χ0) is 31.7. The third kappa shape index (κ3) is 7.10. The van der Waals surface area contributed by atoms with Crippen LogP contribution in [0.15, 0.2) is 65.6 Å². The minimum Gasteiger partial charge on any atom is -0.347 e. The lowest BCUT2D eigenvalue weighted by atomic mass is 9.99. The topological polar surface area (TPSA) is 133 Å². The molecule has 0 heterocycles. The molecule has 228 valence electrons. The predicted molar refractivity (Wildman–Crippen MR) is 146 cm³/mol. The first-order chi connectivity index (χ1) is 20.0. The number of para-hydroxylation sites is 1. The van der Waals surface area contributed by atoms with E-state index in [-0.39, 0.29) is 40.3 Å². The smallest absolute Gasteiger partial charge is 0.347 e. The van der Waals surface area contributed by atoms with Gasteiger partial charge >= 0.3 is 12.1 Å². The molecule has 15 heteroatoms. The second kappa shape index (κ2) is 11.6. The van der Waals surface area contributed by atoms with Crippen LogP contribution < -0.4 is 20.7 Å². The zero-order valence-corrected chi connectivity index (χ0v) is 23.4. The molecule has 3 amide bonds. The number of benzene rings is 3. The minimum absolute atomic E-state index is 0.00706. The van der Waals surface area contributed by atoms with E-state index in [2.05, 4.69) is 15.4 Å². The van der Waals surface area contributed by atoms with Crippen LogP contribution in [0, 0.1) is 11.6 Å². The maximum Gasteiger partial charge on any atom is 0.471 e. The van der Waals surface area contributed by atoms with Crippen LogP contribution in [0.3, 0.4) is 0 Å². The Kier molecular flexibility index (Phi) is 8.49. The van der Waals surface area contributed by atoms with E-state index in [1.807, 2.05) is 0 Å². The minimum atomic E-state index is -5.17. The highest BCUT2D eigenvalue weighted by Crippen LogP contribution is 2.38. The molecule has 1 saturated carbocycles. The number of nitrogens with one attached hydrogen (secondary N) is 4. The van der Waals surface area contributed by atoms with Crippen LogP contribution in [0.4, 0.5) is 33.3 Å². The Morgan fingerprint density at radius 1 is 0.930 bits per heavy atom. The molecule has 4 rings (SSSR count). The lowest BCUT2D eigenvalue weighted by Gasteiger charge is -2.22. The van der Waals surface area contributed by atoms with E-state index in [1.165, 1.54) is 62.4 Å². The van der Waals surface area contributed by atoms with Crippen LogP contribution >= 0.6 is 0 Å². The van der Waals surface area contributed by atoms with Gasteiger partial charge in [0.05, 0.1) is 16.6 Å². The highest BCUT2D eigenvalue weighted by Gasteiger charge is 2.55. The van der Waals surface area contributed by atoms with Gasteiger partial charge < -0.3 is 16.0 Å². The van der Waals surface area contributed by atoms with Crippen molar-refractivity contribution in [1.29, 1.82) is 0 Å². The molecule has 1 aliphatic carbocycles. The molecular formula is C28H25F5N4O5S. The standard InChI is InChI=1S/C28H25F5N4O5S/c1-15(34-25(39)27(12-13-27)36-26(40)28(31,32)33)20-11-6-17(14-23(20)30)21-4-3-5-22(29)24(21)37-43(41,42)19-9-7-18(8-10-19)35-16(2)38/h3-11,14-15,37H,12-13H2,1-2H3,(H,34,39)(H,35,38)(H,36,40)/t15-/m1/s1. The van der Waals surface area contributed by atoms with Crippen LogP contribution in [-0.2, 0) is 24.4 Å². The Morgan fingerprint density at radius 2 is 1.58 bits per heavy atom. The highest BCUT2D eigenvalue weighted by molar-refractivity contribution is 7.92. The average Bonchev–Trinajstić information content (AvgIpc) is 3.69. The number of hydrogen-bond donors (Lipinski definition) is 4. The molecule has 0 aliphatic heterocycles. The summed E-state index contributed by atoms with van der Waals surface area (Å²) in [6.07, 6.45) is -5.22. The SMILES string of the molecule is CC(=O)Nc1ccc(S(=O)(=O)Nc2c(F)cccc2-c2ccc([C@@H](C)NC(=O)C3(NC(=O)C(F)(F)F)CC3)c(F)c2)cc1. The molecule has 0 spiro atoms. The first kappa shape index (κ1) is 31.4. The first-order valence-corrected chi connectivity index (χ1v) is 14.2. The zero-order valence-electron chi connectivity index (χ0n) is 22.6. The number of carbonyl (C=O) groups is 3. The van der Waals surface area contributed by atoms with E-state index in [4.69, 9.17) is 0 Å². The summed E-state index contributed by atoms with van der Waals surface area (Å²) >= 11 is 0. The van der Waals surface area contributed by atoms with Crippen molar-refractivity contribution in [2.45, 2.75) is 49.3 Å². The molecule has 1 atom stereocenters. The number of rotatable bonds is 9. The van der Waals surface area contributed by atoms with Crippen LogP contribution in [0.25, 0.3) is 11.1 Å². The quantitative estimate of drug-likeness (QED) is 0.255. The fourth-order valence-corrected chi connectivity index (χ4v) is 5.35. The van der Waals surface area contributed by atoms with Gasteiger partial charge in [0.1, 0.15) is 17.2 Å². The number of amides is 3. The molecular weight excluding hydrogens is 599 g/mol. The second-order valence-electron chi connectivity index (χ2n) is 9.94. The maximum atomic E-state index is 15.2. The van der Waals surface area contributed by atoms with E-state index in [9.17, 15) is 40.4 Å². The number of halogens is 5. The molecule has 0 saturated heterocycles. The fraction of sp³-hybridized carbons (Fsp3) is 0.250. The molecule has 0 aromatic heterocycles. The van der Waals surface area contributed by atoms with E-state index < -0.39 is 56.9 Å². The van der Waals surface area contributed by atoms with E-state index in [0.29, 0.717) is 5.69 Å². The summed E-state index contributed by atoms with van der Waals surface area (Å²) in [4.78, 5) is 34.9. The third-order valence-corrected chi connectivity index (χ3v) is 8.02. The summed E-state index contributed by atoms with van der Waals surface area (Å²) in [7, 11) is -4.33. The number of sulfonamides is 1. The summed E-state index contributed by atoms with van der Waals surface area (Å²) in [6, 6.07) is 11.3. The van der Waals surface area contributed by atoms with Crippen molar-refractivity contribution in [2.24, 2.45) is 0 Å². The Morgan fingerprint density at radius 3 is 2.14 bits per heavy atom. The van der Waals surface area contributed by atoms with E-state index in [0.717, 1.165) is 12.1 Å². The Bertz CT molecular complexity index is 1690. The van der Waals surface area contributed by atoms with Gasteiger partial charge in [0, 0.05) is 23.7 Å². The molecule has 9 nitrogen and oxygen atoms in total. The largest absolute Gasteiger partial charge is 0.471 e. The Hall–Kier alpha value is -4.53. The first-order valence-electron chi connectivity index (χ1n) is 12.7. The number of hydrogen-bond acceptors (Lipinski definition) is 5. The van der Waals surface area contributed by atoms with Gasteiger partial charge in [0.2, 0.25) is 11.8 Å². The molecule has 1 aliphatic rings. The van der Waals surface area contributed by atoms with Crippen LogP contribution in [0.1, 0.15) is 38.3 Å². The third-order valence-electron chi connectivity index (χ3n) is 6.66. The predicted octanol–water partition coefficient (Wildman–Crippen LogP) is 4.78. The van der Waals surface area contributed by atoms with Crippen molar-refractivity contribution in [3.8, 4) is 11.1 Å². The van der Waals surface area contributed by atoms with Crippen molar-refractivity contribution in [1.82, 2.24) is 10.6 Å². The fourth-order valence-electron chi connectivity index (χ4n) is 4.26. The summed E-state index contributed by atoms with van der Waals surface area (Å²) < 4.78 is 96.3. The summed E-state index contributed by atoms with van der Waals surface area (Å²) in [5.74, 6) is -5.35. The van der Waals surface area contributed by atoms with Crippen LogP contribution in [0.2, 0.25) is 0 Å². The van der Waals surface area contributed by atoms with Crippen LogP contribution in [-0.4, -0.2) is 37.9 Å². The van der Waals surface area contributed by atoms with E-state index >= 15 is 4.39 Å². The van der Waals surface area contributed by atoms with Gasteiger partial charge in [-0.1, -0.05) is 24.3 Å². The monoisotopic (exact) mass is 624 g/mol. The van der Waals surface area contributed by atoms with Crippen molar-refractivity contribution in [3.63, 3.8) is 0 Å². The summed E-state index contributed by atoms with van der Waals surface area (Å²) in [5.41, 5.74) is -1.85. The van der Waals surface area contributed by atoms with Crippen LogP contribution in [0.5, 0.6) is 0 Å². The Balaban J connectivity index is 1.54. The molecule has 0 radical (unpaired) electrons. The van der Waals surface area contributed by atoms with Gasteiger partial charge in [-0.05, 0) is 61.7 Å². The molecule has 3 aromatic rings. The second-order valence-corrected chi connectivity index (χ2v) is 11.6. The average molecular weight is 625 g/mol. The number of anilines is 2. The van der Waals surface area contributed by atoms with Gasteiger partial charge in [0.25, 0.3) is 10.0 Å². The highest BCUT2D eigenvalue weighted by atomic mass is 32.2. The molecule has 0 unspecified atom stereocenters. The number of carbonyl (C=O) groups excluding carboxylic acids is 3. The Labute approximate surface area is 242 Å². The molecule has 1 fully saturated rings. The lowest BCUT2D eigenvalue weighted by molar-refractivity contribution is -0.175. The van der Waals surface area contributed by atoms with E-state index in [1.54, 1.807) is 5.32 Å². The normalized spacial score (nSPS) is 14.8. The van der Waals surface area contributed by atoms with Crippen molar-refractivity contribution < 1.29 is 44.8 Å². The van der Waals surface area contributed by atoms with Gasteiger partial charge in [-0.2, -0.15) is 13.2 Å². The molecule has 43 heavy (non-hydrogen) atoms. The van der Waals surface area contributed by atoms with Gasteiger partial charge in [-0.15, -0.1) is 0 Å². The number of alkyl halides is 3. The molecule has 4 N–H and O–H groups in total. The van der Waals surface area contributed by atoms with Gasteiger partial charge in [0.15, 0.2) is 0 Å². The van der Waals surface area contributed by atoms with Crippen molar-refractivity contribution >= 4 is 39.1 Å². The summed E-state index contributed by atoms with van der Waals surface area (Å²) in [6.45, 7) is 2.67. The van der Waals surface area contributed by atoms with Gasteiger partial charge in [-0.25, -0.2) is 17.2 Å². The lowest BCUT2D eigenvalue weighted by Crippen LogP contribution is -2.53.